The van der Waals surface area contributed by atoms with Crippen LogP contribution >= 0.6 is 11.6 Å². The molecule has 18 heavy (non-hydrogen) atoms. The number of rotatable bonds is 3. The molecule has 0 amide bonds. The summed E-state index contributed by atoms with van der Waals surface area (Å²) in [5.41, 5.74) is 2.06. The fourth-order valence-corrected chi connectivity index (χ4v) is 1.60. The van der Waals surface area contributed by atoms with E-state index in [0.29, 0.717) is 0 Å². The number of aromatic nitrogens is 1. The largest absolute Gasteiger partial charge is 0.269 e. The maximum Gasteiger partial charge on any atom is 0.169 e. The highest BCUT2D eigenvalue weighted by molar-refractivity contribution is 6.30. The van der Waals surface area contributed by atoms with Crippen molar-refractivity contribution in [3.63, 3.8) is 0 Å². The van der Waals surface area contributed by atoms with Crippen molar-refractivity contribution in [3.05, 3.63) is 59.4 Å². The summed E-state index contributed by atoms with van der Waals surface area (Å²) in [5, 5.41) is 6.92. The van der Waals surface area contributed by atoms with Gasteiger partial charge in [-0.15, -0.1) is 0 Å². The van der Waals surface area contributed by atoms with E-state index in [9.17, 15) is 0 Å². The maximum absolute atomic E-state index is 5.84. The average Bonchev–Trinajstić information content (AvgIpc) is 2.38. The quantitative estimate of drug-likeness (QED) is 0.472. The van der Waals surface area contributed by atoms with Crippen LogP contribution in [0.1, 0.15) is 5.56 Å². The standard InChI is InChI=1S/C14H15ClN3/c1-17-9-7-12(8-10-17)11-16-18(2)14-5-3-13(15)4-6-14/h3-11H,1-2H3/q+1. The highest BCUT2D eigenvalue weighted by Crippen LogP contribution is 2.16. The average molecular weight is 261 g/mol. The van der Waals surface area contributed by atoms with Crippen LogP contribution < -0.4 is 9.58 Å². The van der Waals surface area contributed by atoms with Gasteiger partial charge in [-0.25, -0.2) is 4.57 Å². The number of hydrazone groups is 1. The number of benzene rings is 1. The molecule has 0 aliphatic carbocycles. The van der Waals surface area contributed by atoms with Crippen molar-refractivity contribution >= 4 is 23.5 Å². The summed E-state index contributed by atoms with van der Waals surface area (Å²) in [6.45, 7) is 0. The predicted molar refractivity (Wildman–Crippen MR) is 75.1 cm³/mol. The number of hydrogen-bond acceptors (Lipinski definition) is 2. The summed E-state index contributed by atoms with van der Waals surface area (Å²) >= 11 is 5.84. The number of pyridine rings is 1. The first-order valence-electron chi connectivity index (χ1n) is 5.64. The van der Waals surface area contributed by atoms with Gasteiger partial charge in [0, 0.05) is 29.8 Å². The summed E-state index contributed by atoms with van der Waals surface area (Å²) in [7, 11) is 3.89. The number of aryl methyl sites for hydroxylation is 1. The van der Waals surface area contributed by atoms with E-state index in [1.54, 1.807) is 0 Å². The Morgan fingerprint density at radius 3 is 2.33 bits per heavy atom. The van der Waals surface area contributed by atoms with Crippen LogP contribution in [-0.4, -0.2) is 13.3 Å². The van der Waals surface area contributed by atoms with E-state index in [1.165, 1.54) is 0 Å². The molecule has 0 unspecified atom stereocenters. The van der Waals surface area contributed by atoms with E-state index in [-0.39, 0.29) is 0 Å². The smallest absolute Gasteiger partial charge is 0.169 e. The molecule has 1 aromatic carbocycles. The molecule has 2 aromatic rings. The second-order valence-corrected chi connectivity index (χ2v) is 4.48. The van der Waals surface area contributed by atoms with Crippen LogP contribution in [-0.2, 0) is 7.05 Å². The van der Waals surface area contributed by atoms with Crippen molar-refractivity contribution in [1.82, 2.24) is 0 Å². The molecule has 1 aromatic heterocycles. The molecule has 0 aliphatic rings. The van der Waals surface area contributed by atoms with Gasteiger partial charge in [0.1, 0.15) is 7.05 Å². The third-order valence-electron chi connectivity index (χ3n) is 2.58. The zero-order chi connectivity index (χ0) is 13.0. The second-order valence-electron chi connectivity index (χ2n) is 4.04. The fraction of sp³-hybridized carbons (Fsp3) is 0.143. The van der Waals surface area contributed by atoms with Crippen molar-refractivity contribution in [2.75, 3.05) is 12.1 Å². The van der Waals surface area contributed by atoms with Crippen molar-refractivity contribution in [2.24, 2.45) is 12.1 Å². The van der Waals surface area contributed by atoms with Gasteiger partial charge in [0.05, 0.1) is 11.9 Å². The van der Waals surface area contributed by atoms with Crippen LogP contribution in [0.2, 0.25) is 5.02 Å². The fourth-order valence-electron chi connectivity index (χ4n) is 1.48. The highest BCUT2D eigenvalue weighted by Gasteiger charge is 1.98. The lowest BCUT2D eigenvalue weighted by Gasteiger charge is -2.12. The molecule has 92 valence electrons. The monoisotopic (exact) mass is 260 g/mol. The molecule has 4 heteroatoms. The SMILES string of the molecule is CN(N=Cc1cc[n+](C)cc1)c1ccc(Cl)cc1. The first kappa shape index (κ1) is 12.6. The summed E-state index contributed by atoms with van der Waals surface area (Å²) in [6.07, 6.45) is 5.81. The Bertz CT molecular complexity index is 532. The summed E-state index contributed by atoms with van der Waals surface area (Å²) in [4.78, 5) is 0. The lowest BCUT2D eigenvalue weighted by molar-refractivity contribution is -0.671. The normalized spacial score (nSPS) is 10.8. The van der Waals surface area contributed by atoms with E-state index < -0.39 is 0 Å². The number of hydrogen-bond donors (Lipinski definition) is 0. The molecule has 1 heterocycles. The van der Waals surface area contributed by atoms with Gasteiger partial charge in [0.15, 0.2) is 12.4 Å². The molecule has 0 fully saturated rings. The molecular formula is C14H15ClN3+. The van der Waals surface area contributed by atoms with Gasteiger partial charge in [-0.3, -0.25) is 5.01 Å². The lowest BCUT2D eigenvalue weighted by atomic mass is 10.3. The zero-order valence-electron chi connectivity index (χ0n) is 10.4. The van der Waals surface area contributed by atoms with Crippen LogP contribution in [0.15, 0.2) is 53.9 Å². The van der Waals surface area contributed by atoms with Crippen LogP contribution in [0, 0.1) is 0 Å². The first-order chi connectivity index (χ1) is 8.65. The van der Waals surface area contributed by atoms with Crippen molar-refractivity contribution < 1.29 is 4.57 Å². The molecule has 0 bridgehead atoms. The lowest BCUT2D eigenvalue weighted by Crippen LogP contribution is -2.25. The van der Waals surface area contributed by atoms with E-state index in [2.05, 4.69) is 5.10 Å². The topological polar surface area (TPSA) is 19.5 Å². The van der Waals surface area contributed by atoms with Gasteiger partial charge < -0.3 is 0 Å². The van der Waals surface area contributed by atoms with E-state index in [4.69, 9.17) is 11.6 Å². The molecule has 0 N–H and O–H groups in total. The third kappa shape index (κ3) is 3.31. The zero-order valence-corrected chi connectivity index (χ0v) is 11.2. The van der Waals surface area contributed by atoms with Gasteiger partial charge in [-0.2, -0.15) is 5.10 Å². The Kier molecular flexibility index (Phi) is 3.95. The first-order valence-corrected chi connectivity index (χ1v) is 6.01. The van der Waals surface area contributed by atoms with Crippen LogP contribution in [0.25, 0.3) is 0 Å². The Labute approximate surface area is 112 Å². The number of nitrogens with zero attached hydrogens (tertiary/aromatic N) is 3. The molecule has 0 atom stereocenters. The van der Waals surface area contributed by atoms with E-state index in [1.807, 2.05) is 78.7 Å². The summed E-state index contributed by atoms with van der Waals surface area (Å²) in [5.74, 6) is 0. The number of anilines is 1. The Hall–Kier alpha value is -1.87. The van der Waals surface area contributed by atoms with Gasteiger partial charge in [0.25, 0.3) is 0 Å². The van der Waals surface area contributed by atoms with Crippen molar-refractivity contribution in [3.8, 4) is 0 Å². The molecular weight excluding hydrogens is 246 g/mol. The van der Waals surface area contributed by atoms with Crippen molar-refractivity contribution in [2.45, 2.75) is 0 Å². The Balaban J connectivity index is 2.08. The Morgan fingerprint density at radius 2 is 1.72 bits per heavy atom. The van der Waals surface area contributed by atoms with Crippen LogP contribution in [0.3, 0.4) is 0 Å². The third-order valence-corrected chi connectivity index (χ3v) is 2.84. The number of halogens is 1. The van der Waals surface area contributed by atoms with E-state index in [0.717, 1.165) is 16.3 Å². The summed E-state index contributed by atoms with van der Waals surface area (Å²) in [6, 6.07) is 11.6. The van der Waals surface area contributed by atoms with Crippen LogP contribution in [0.5, 0.6) is 0 Å². The minimum absolute atomic E-state index is 0.728. The minimum Gasteiger partial charge on any atom is -0.269 e. The van der Waals surface area contributed by atoms with Gasteiger partial charge in [-0.05, 0) is 24.3 Å². The molecule has 2 rings (SSSR count). The Morgan fingerprint density at radius 1 is 1.11 bits per heavy atom. The van der Waals surface area contributed by atoms with Gasteiger partial charge in [0.2, 0.25) is 0 Å². The molecule has 0 saturated carbocycles. The van der Waals surface area contributed by atoms with Gasteiger partial charge in [-0.1, -0.05) is 11.6 Å². The second kappa shape index (κ2) is 5.65. The van der Waals surface area contributed by atoms with E-state index >= 15 is 0 Å². The van der Waals surface area contributed by atoms with Crippen molar-refractivity contribution in [1.29, 1.82) is 0 Å². The van der Waals surface area contributed by atoms with Gasteiger partial charge >= 0.3 is 0 Å². The molecule has 0 radical (unpaired) electrons. The molecule has 0 aliphatic heterocycles. The summed E-state index contributed by atoms with van der Waals surface area (Å²) < 4.78 is 1.99. The molecule has 0 saturated heterocycles. The predicted octanol–water partition coefficient (Wildman–Crippen LogP) is 2.63. The van der Waals surface area contributed by atoms with Crippen LogP contribution in [0.4, 0.5) is 5.69 Å². The maximum atomic E-state index is 5.84. The molecule has 0 spiro atoms. The highest BCUT2D eigenvalue weighted by atomic mass is 35.5. The molecule has 3 nitrogen and oxygen atoms in total. The minimum atomic E-state index is 0.728.